The number of carbonyl (C=O) groups is 1. The van der Waals surface area contributed by atoms with Crippen molar-refractivity contribution in [3.63, 3.8) is 0 Å². The second kappa shape index (κ2) is 6.26. The van der Waals surface area contributed by atoms with Crippen LogP contribution in [-0.4, -0.2) is 57.2 Å². The summed E-state index contributed by atoms with van der Waals surface area (Å²) in [5.74, 6) is 1.51. The molecule has 2 heterocycles. The van der Waals surface area contributed by atoms with Crippen LogP contribution in [0.4, 0.5) is 0 Å². The summed E-state index contributed by atoms with van der Waals surface area (Å²) in [4.78, 5) is 15.2. The van der Waals surface area contributed by atoms with Crippen molar-refractivity contribution in [2.45, 2.75) is 24.9 Å². The number of carbonyl (C=O) groups excluding carboxylic acids is 1. The van der Waals surface area contributed by atoms with Crippen molar-refractivity contribution in [3.8, 4) is 11.5 Å². The molecule has 1 aromatic rings. The number of fused-ring (bicyclic) bond motifs is 2. The van der Waals surface area contributed by atoms with E-state index < -0.39 is 0 Å². The van der Waals surface area contributed by atoms with E-state index in [2.05, 4.69) is 11.9 Å². The van der Waals surface area contributed by atoms with Crippen molar-refractivity contribution in [2.75, 3.05) is 34.5 Å². The molecule has 5 heteroatoms. The minimum atomic E-state index is 0.0631. The summed E-state index contributed by atoms with van der Waals surface area (Å²) in [5, 5.41) is 0. The zero-order valence-corrected chi connectivity index (χ0v) is 13.4. The number of likely N-dealkylation sites (N-methyl/N-ethyl adjacent to an activating group) is 1. The zero-order valence-electron chi connectivity index (χ0n) is 13.4. The first-order valence-electron chi connectivity index (χ1n) is 7.70. The molecule has 0 spiro atoms. The SMILES string of the molecule is COc1ccc(C(=O)C2CC3COCC(C2)N3C)cc1OC. The summed E-state index contributed by atoms with van der Waals surface area (Å²) < 4.78 is 16.2. The summed E-state index contributed by atoms with van der Waals surface area (Å²) in [7, 11) is 5.32. The Hall–Kier alpha value is -1.59. The summed E-state index contributed by atoms with van der Waals surface area (Å²) >= 11 is 0. The monoisotopic (exact) mass is 305 g/mol. The lowest BCUT2D eigenvalue weighted by Gasteiger charge is -2.46. The number of morpholine rings is 1. The van der Waals surface area contributed by atoms with Gasteiger partial charge in [-0.3, -0.25) is 9.69 Å². The number of piperidine rings is 1. The fourth-order valence-electron chi connectivity index (χ4n) is 3.53. The molecular formula is C17H23NO4. The maximum atomic E-state index is 12.8. The highest BCUT2D eigenvalue weighted by Gasteiger charge is 2.39. The molecule has 0 saturated carbocycles. The van der Waals surface area contributed by atoms with Crippen molar-refractivity contribution in [3.05, 3.63) is 23.8 Å². The molecule has 1 aromatic carbocycles. The van der Waals surface area contributed by atoms with Crippen LogP contribution in [0.2, 0.25) is 0 Å². The van der Waals surface area contributed by atoms with Crippen LogP contribution in [0.3, 0.4) is 0 Å². The third kappa shape index (κ3) is 2.71. The fraction of sp³-hybridized carbons (Fsp3) is 0.588. The molecule has 0 aliphatic carbocycles. The molecule has 2 atom stereocenters. The van der Waals surface area contributed by atoms with Gasteiger partial charge in [-0.1, -0.05) is 0 Å². The summed E-state index contributed by atoms with van der Waals surface area (Å²) in [6, 6.07) is 6.11. The van der Waals surface area contributed by atoms with Gasteiger partial charge in [0, 0.05) is 23.6 Å². The number of ketones is 1. The Morgan fingerprint density at radius 1 is 1.14 bits per heavy atom. The smallest absolute Gasteiger partial charge is 0.166 e. The van der Waals surface area contributed by atoms with E-state index in [1.807, 2.05) is 6.07 Å². The first-order chi connectivity index (χ1) is 10.6. The predicted molar refractivity (Wildman–Crippen MR) is 82.8 cm³/mol. The number of Topliss-reactive ketones (excluding diaryl/α,β-unsaturated/α-hetero) is 1. The molecule has 3 rings (SSSR count). The average molecular weight is 305 g/mol. The Bertz CT molecular complexity index is 546. The summed E-state index contributed by atoms with van der Waals surface area (Å²) in [6.07, 6.45) is 1.72. The molecule has 2 saturated heterocycles. The van der Waals surface area contributed by atoms with Crippen LogP contribution in [0.5, 0.6) is 11.5 Å². The van der Waals surface area contributed by atoms with Crippen molar-refractivity contribution in [2.24, 2.45) is 5.92 Å². The van der Waals surface area contributed by atoms with Gasteiger partial charge >= 0.3 is 0 Å². The van der Waals surface area contributed by atoms with Crippen molar-refractivity contribution >= 4 is 5.78 Å². The number of benzene rings is 1. The Kier molecular flexibility index (Phi) is 4.36. The Labute approximate surface area is 131 Å². The Morgan fingerprint density at radius 2 is 1.77 bits per heavy atom. The summed E-state index contributed by atoms with van der Waals surface area (Å²) in [5.41, 5.74) is 0.700. The average Bonchev–Trinajstić information content (AvgIpc) is 2.53. The Morgan fingerprint density at radius 3 is 2.36 bits per heavy atom. The zero-order chi connectivity index (χ0) is 15.7. The highest BCUT2D eigenvalue weighted by atomic mass is 16.5. The van der Waals surface area contributed by atoms with Gasteiger partial charge in [-0.25, -0.2) is 0 Å². The molecule has 0 N–H and O–H groups in total. The number of ether oxygens (including phenoxy) is 3. The molecule has 2 bridgehead atoms. The molecule has 22 heavy (non-hydrogen) atoms. The van der Waals surface area contributed by atoms with E-state index in [0.29, 0.717) is 29.1 Å². The number of rotatable bonds is 4. The second-order valence-corrected chi connectivity index (χ2v) is 6.11. The molecule has 2 aliphatic heterocycles. The first-order valence-corrected chi connectivity index (χ1v) is 7.70. The van der Waals surface area contributed by atoms with Crippen LogP contribution in [0.1, 0.15) is 23.2 Å². The predicted octanol–water partition coefficient (Wildman–Crippen LogP) is 2.00. The van der Waals surface area contributed by atoms with Crippen molar-refractivity contribution in [1.29, 1.82) is 0 Å². The van der Waals surface area contributed by atoms with Crippen LogP contribution in [0.25, 0.3) is 0 Å². The molecule has 5 nitrogen and oxygen atoms in total. The lowest BCUT2D eigenvalue weighted by molar-refractivity contribution is -0.0702. The molecule has 0 amide bonds. The van der Waals surface area contributed by atoms with E-state index in [9.17, 15) is 4.79 Å². The van der Waals surface area contributed by atoms with Crippen LogP contribution in [-0.2, 0) is 4.74 Å². The van der Waals surface area contributed by atoms with Crippen molar-refractivity contribution in [1.82, 2.24) is 4.90 Å². The van der Waals surface area contributed by atoms with Gasteiger partial charge in [-0.05, 0) is 38.1 Å². The lowest BCUT2D eigenvalue weighted by Crippen LogP contribution is -2.55. The lowest BCUT2D eigenvalue weighted by atomic mass is 9.81. The van der Waals surface area contributed by atoms with Gasteiger partial charge in [0.05, 0.1) is 27.4 Å². The van der Waals surface area contributed by atoms with E-state index in [-0.39, 0.29) is 11.7 Å². The highest BCUT2D eigenvalue weighted by Crippen LogP contribution is 2.34. The minimum Gasteiger partial charge on any atom is -0.493 e. The van der Waals surface area contributed by atoms with Crippen LogP contribution >= 0.6 is 0 Å². The molecule has 2 unspecified atom stereocenters. The molecule has 2 fully saturated rings. The van der Waals surface area contributed by atoms with Gasteiger partial charge in [0.1, 0.15) is 0 Å². The van der Waals surface area contributed by atoms with E-state index in [1.165, 1.54) is 0 Å². The number of hydrogen-bond acceptors (Lipinski definition) is 5. The maximum absolute atomic E-state index is 12.8. The molecule has 0 aromatic heterocycles. The third-order valence-electron chi connectivity index (χ3n) is 4.92. The standard InChI is InChI=1S/C17H23NO4/c1-18-13-6-12(7-14(18)10-22-9-13)17(19)11-4-5-15(20-2)16(8-11)21-3/h4-5,8,12-14H,6-7,9-10H2,1-3H3. The molecule has 2 aliphatic rings. The van der Waals surface area contributed by atoms with Gasteiger partial charge in [-0.15, -0.1) is 0 Å². The molecular weight excluding hydrogens is 282 g/mol. The topological polar surface area (TPSA) is 48.0 Å². The van der Waals surface area contributed by atoms with Crippen LogP contribution in [0, 0.1) is 5.92 Å². The van der Waals surface area contributed by atoms with Crippen LogP contribution in [0.15, 0.2) is 18.2 Å². The fourth-order valence-corrected chi connectivity index (χ4v) is 3.53. The molecule has 0 radical (unpaired) electrons. The van der Waals surface area contributed by atoms with E-state index in [0.717, 1.165) is 26.1 Å². The largest absolute Gasteiger partial charge is 0.493 e. The summed E-state index contributed by atoms with van der Waals surface area (Å²) in [6.45, 7) is 1.45. The van der Waals surface area contributed by atoms with E-state index >= 15 is 0 Å². The number of hydrogen-bond donors (Lipinski definition) is 0. The number of methoxy groups -OCH3 is 2. The quantitative estimate of drug-likeness (QED) is 0.796. The number of nitrogens with zero attached hydrogens (tertiary/aromatic N) is 1. The van der Waals surface area contributed by atoms with Gasteiger partial charge in [0.15, 0.2) is 17.3 Å². The van der Waals surface area contributed by atoms with Gasteiger partial charge in [-0.2, -0.15) is 0 Å². The van der Waals surface area contributed by atoms with Crippen LogP contribution < -0.4 is 9.47 Å². The Balaban J connectivity index is 1.79. The first kappa shape index (κ1) is 15.3. The highest BCUT2D eigenvalue weighted by molar-refractivity contribution is 5.98. The third-order valence-corrected chi connectivity index (χ3v) is 4.92. The van der Waals surface area contributed by atoms with E-state index in [1.54, 1.807) is 26.4 Å². The molecule has 120 valence electrons. The second-order valence-electron chi connectivity index (χ2n) is 6.11. The van der Waals surface area contributed by atoms with Crippen molar-refractivity contribution < 1.29 is 19.0 Å². The normalized spacial score (nSPS) is 28.2. The minimum absolute atomic E-state index is 0.0631. The maximum Gasteiger partial charge on any atom is 0.166 e. The van der Waals surface area contributed by atoms with E-state index in [4.69, 9.17) is 14.2 Å². The van der Waals surface area contributed by atoms with Gasteiger partial charge in [0.25, 0.3) is 0 Å². The van der Waals surface area contributed by atoms with Gasteiger partial charge < -0.3 is 14.2 Å². The van der Waals surface area contributed by atoms with Gasteiger partial charge in [0.2, 0.25) is 0 Å².